The molecule has 1 N–H and O–H groups in total. The van der Waals surface area contributed by atoms with Crippen LogP contribution in [0.5, 0.6) is 0 Å². The molecule has 0 aromatic carbocycles. The zero-order valence-electron chi connectivity index (χ0n) is 7.70. The SMILES string of the molecule is CC(=O)[O-].O=[N+]([O-])O.O=[N+]([O-])[O-].[Cs+].[K+]. The number of carboxylic acid groups (broad SMARTS) is 1. The van der Waals surface area contributed by atoms with E-state index in [1.165, 1.54) is 0 Å². The van der Waals surface area contributed by atoms with E-state index >= 15 is 0 Å². The molecule has 0 rings (SSSR count). The molecule has 0 radical (unpaired) electrons. The van der Waals surface area contributed by atoms with Gasteiger partial charge in [0.15, 0.2) is 0 Å². The number of carbonyl (C=O) groups is 1. The first kappa shape index (κ1) is 29.6. The van der Waals surface area contributed by atoms with Crippen LogP contribution < -0.4 is 125 Å². The molecule has 0 heterocycles. The molecular weight excluding hydrogens is 352 g/mol. The summed E-state index contributed by atoms with van der Waals surface area (Å²) in [6.07, 6.45) is 0. The van der Waals surface area contributed by atoms with Gasteiger partial charge in [0, 0.05) is 5.97 Å². The third-order valence-electron chi connectivity index (χ3n) is 0. The van der Waals surface area contributed by atoms with Crippen LogP contribution in [0.3, 0.4) is 0 Å². The first-order valence-electron chi connectivity index (χ1n) is 2.02. The van der Waals surface area contributed by atoms with Crippen molar-refractivity contribution in [3.63, 3.8) is 0 Å². The van der Waals surface area contributed by atoms with Crippen molar-refractivity contribution >= 4 is 5.97 Å². The van der Waals surface area contributed by atoms with Crippen LogP contribution in [0.4, 0.5) is 0 Å². The molecule has 0 unspecified atom stereocenters. The molecule has 72 valence electrons. The molecule has 0 aromatic heterocycles. The van der Waals surface area contributed by atoms with Gasteiger partial charge in [0.2, 0.25) is 0 Å². The van der Waals surface area contributed by atoms with Crippen molar-refractivity contribution in [2.45, 2.75) is 6.92 Å². The molecule has 0 bridgehead atoms. The van der Waals surface area contributed by atoms with Gasteiger partial charge in [0.25, 0.3) is 5.09 Å². The summed E-state index contributed by atoms with van der Waals surface area (Å²) in [5.41, 5.74) is 0. The van der Waals surface area contributed by atoms with Gasteiger partial charge in [-0.3, -0.25) is 0 Å². The average molecular weight is 356 g/mol. The molecule has 12 heteroatoms. The minimum absolute atomic E-state index is 0. The van der Waals surface area contributed by atoms with E-state index in [1.807, 2.05) is 0 Å². The van der Waals surface area contributed by atoms with Crippen LogP contribution in [0.1, 0.15) is 6.92 Å². The number of carboxylic acids is 1. The molecule has 0 spiro atoms. The second kappa shape index (κ2) is 24.0. The summed E-state index contributed by atoms with van der Waals surface area (Å²) < 4.78 is 0. The molecule has 0 fully saturated rings. The molecule has 0 aliphatic rings. The van der Waals surface area contributed by atoms with Crippen LogP contribution in [0, 0.1) is 25.4 Å². The van der Waals surface area contributed by atoms with Gasteiger partial charge in [-0.05, 0) is 6.92 Å². The first-order valence-corrected chi connectivity index (χ1v) is 2.02. The molecule has 14 heavy (non-hydrogen) atoms. The van der Waals surface area contributed by atoms with Crippen molar-refractivity contribution in [2.24, 2.45) is 0 Å². The van der Waals surface area contributed by atoms with Crippen LogP contribution in [-0.2, 0) is 4.79 Å². The monoisotopic (exact) mass is 356 g/mol. The van der Waals surface area contributed by atoms with Crippen LogP contribution in [-0.4, -0.2) is 21.3 Å². The molecule has 0 saturated carbocycles. The topological polar surface area (TPSA) is 170 Å². The Morgan fingerprint density at radius 2 is 1.21 bits per heavy atom. The molecule has 0 aliphatic heterocycles. The van der Waals surface area contributed by atoms with E-state index < -0.39 is 16.1 Å². The summed E-state index contributed by atoms with van der Waals surface area (Å²) in [7, 11) is 0. The Bertz CT molecular complexity index is 123. The Kier molecular flexibility index (Phi) is 50.7. The van der Waals surface area contributed by atoms with Gasteiger partial charge in [-0.15, -0.1) is 10.1 Å². The third kappa shape index (κ3) is 881. The van der Waals surface area contributed by atoms with E-state index in [-0.39, 0.29) is 120 Å². The smallest absolute Gasteiger partial charge is 0.550 e. The summed E-state index contributed by atoms with van der Waals surface area (Å²) in [6, 6.07) is 0. The van der Waals surface area contributed by atoms with Crippen molar-refractivity contribution in [2.75, 3.05) is 0 Å². The average Bonchev–Trinajstić information content (AvgIpc) is 1.54. The molecule has 0 amide bonds. The van der Waals surface area contributed by atoms with E-state index in [4.69, 9.17) is 40.5 Å². The summed E-state index contributed by atoms with van der Waals surface area (Å²) in [4.78, 5) is 25.5. The van der Waals surface area contributed by atoms with Gasteiger partial charge in [-0.1, -0.05) is 0 Å². The van der Waals surface area contributed by atoms with Crippen molar-refractivity contribution in [1.82, 2.24) is 0 Å². The summed E-state index contributed by atoms with van der Waals surface area (Å²) in [6.45, 7) is 0.972. The van der Waals surface area contributed by atoms with Gasteiger partial charge in [0.05, 0.1) is 5.09 Å². The fourth-order valence-electron chi connectivity index (χ4n) is 0. The van der Waals surface area contributed by atoms with Gasteiger partial charge < -0.3 is 30.4 Å². The minimum Gasteiger partial charge on any atom is -0.550 e. The predicted octanol–water partition coefficient (Wildman–Crippen LogP) is -7.82. The fraction of sp³-hybridized carbons (Fsp3) is 0.500. The van der Waals surface area contributed by atoms with Crippen molar-refractivity contribution in [1.29, 1.82) is 0 Å². The van der Waals surface area contributed by atoms with Crippen molar-refractivity contribution in [3.05, 3.63) is 25.4 Å². The molecule has 0 aromatic rings. The quantitative estimate of drug-likeness (QED) is 0.253. The Morgan fingerprint density at radius 1 is 1.21 bits per heavy atom. The van der Waals surface area contributed by atoms with Crippen molar-refractivity contribution < 1.29 is 146 Å². The normalized spacial score (nSPS) is 5.21. The molecule has 10 nitrogen and oxygen atoms in total. The zero-order valence-corrected chi connectivity index (χ0v) is 17.1. The molecule has 0 aliphatic carbocycles. The Labute approximate surface area is 179 Å². The second-order valence-corrected chi connectivity index (χ2v) is 0.953. The maximum absolute atomic E-state index is 8.89. The zero-order chi connectivity index (χ0) is 10.7. The van der Waals surface area contributed by atoms with Crippen LogP contribution in [0.15, 0.2) is 0 Å². The molecule has 0 saturated heterocycles. The molecular formula is C2H4CsKN2O8. The standard InChI is InChI=1S/C2H4O2.Cs.K.HNO3.NO3/c1-2(3)4;;;2*2-1(3)4/h1H3,(H,3,4);;;(H,2,3,4);/q;2*+1;;-1/p-1. The van der Waals surface area contributed by atoms with Gasteiger partial charge in [0.1, 0.15) is 0 Å². The summed E-state index contributed by atoms with van der Waals surface area (Å²) >= 11 is 0. The van der Waals surface area contributed by atoms with Gasteiger partial charge >= 0.3 is 120 Å². The molecule has 0 atom stereocenters. The van der Waals surface area contributed by atoms with Gasteiger partial charge in [-0.25, -0.2) is 0 Å². The van der Waals surface area contributed by atoms with E-state index in [1.54, 1.807) is 0 Å². The number of hydrogen-bond acceptors (Lipinski definition) is 7. The summed E-state index contributed by atoms with van der Waals surface area (Å²) in [5, 5.41) is 37.3. The van der Waals surface area contributed by atoms with Crippen LogP contribution >= 0.6 is 0 Å². The maximum Gasteiger partial charge on any atom is 1.00 e. The predicted molar refractivity (Wildman–Crippen MR) is 29.8 cm³/mol. The maximum atomic E-state index is 8.89. The van der Waals surface area contributed by atoms with E-state index in [0.717, 1.165) is 6.92 Å². The number of aliphatic carboxylic acids is 1. The third-order valence-corrected chi connectivity index (χ3v) is 0. The minimum atomic E-state index is -1.75. The Morgan fingerprint density at radius 3 is 1.21 bits per heavy atom. The Hall–Kier alpha value is 1.56. The second-order valence-electron chi connectivity index (χ2n) is 0.953. The largest absolute Gasteiger partial charge is 1.00 e. The van der Waals surface area contributed by atoms with Crippen LogP contribution in [0.2, 0.25) is 0 Å². The fourth-order valence-corrected chi connectivity index (χ4v) is 0. The number of rotatable bonds is 0. The van der Waals surface area contributed by atoms with Crippen LogP contribution in [0.25, 0.3) is 0 Å². The van der Waals surface area contributed by atoms with E-state index in [9.17, 15) is 0 Å². The van der Waals surface area contributed by atoms with E-state index in [0.29, 0.717) is 0 Å². The number of hydrogen-bond donors (Lipinski definition) is 1. The number of carbonyl (C=O) groups excluding carboxylic acids is 1. The van der Waals surface area contributed by atoms with E-state index in [2.05, 4.69) is 0 Å². The first-order chi connectivity index (χ1) is 5.20. The number of nitrogens with zero attached hydrogens (tertiary/aromatic N) is 2. The van der Waals surface area contributed by atoms with Gasteiger partial charge in [-0.2, -0.15) is 0 Å². The van der Waals surface area contributed by atoms with Crippen molar-refractivity contribution in [3.8, 4) is 0 Å². The summed E-state index contributed by atoms with van der Waals surface area (Å²) in [5.74, 6) is -1.08. The Balaban J connectivity index is -0.0000000270.